The minimum atomic E-state index is -0.580. The van der Waals surface area contributed by atoms with Crippen LogP contribution < -0.4 is 10.6 Å². The Balaban J connectivity index is 1.40. The maximum absolute atomic E-state index is 13.2. The summed E-state index contributed by atoms with van der Waals surface area (Å²) in [5.41, 5.74) is 1.05. The number of urea groups is 1. The van der Waals surface area contributed by atoms with Crippen molar-refractivity contribution in [2.24, 2.45) is 5.92 Å². The van der Waals surface area contributed by atoms with Gasteiger partial charge >= 0.3 is 6.03 Å². The molecule has 0 bridgehead atoms. The summed E-state index contributed by atoms with van der Waals surface area (Å²) < 4.78 is 0. The summed E-state index contributed by atoms with van der Waals surface area (Å²) in [7, 11) is 0. The van der Waals surface area contributed by atoms with Crippen LogP contribution in [0, 0.1) is 17.2 Å². The van der Waals surface area contributed by atoms with Crippen molar-refractivity contribution in [2.45, 2.75) is 44.6 Å². The SMILES string of the molecule is N#Cc1ccc(NC(=O)N2CCN(C(CC3CCCCC3)C(=O)Nc3nccs3)C(=O)C2)cc1. The molecular weight excluding hydrogens is 452 g/mol. The fourth-order valence-electron chi connectivity index (χ4n) is 4.61. The molecule has 1 aliphatic heterocycles. The van der Waals surface area contributed by atoms with E-state index in [1.54, 1.807) is 40.7 Å². The van der Waals surface area contributed by atoms with Crippen molar-refractivity contribution in [3.8, 4) is 6.07 Å². The predicted molar refractivity (Wildman–Crippen MR) is 129 cm³/mol. The molecule has 2 aromatic rings. The zero-order valence-electron chi connectivity index (χ0n) is 18.9. The molecule has 34 heavy (non-hydrogen) atoms. The summed E-state index contributed by atoms with van der Waals surface area (Å²) in [5, 5.41) is 16.9. The van der Waals surface area contributed by atoms with Crippen LogP contribution in [0.5, 0.6) is 0 Å². The quantitative estimate of drug-likeness (QED) is 0.654. The van der Waals surface area contributed by atoms with E-state index in [1.165, 1.54) is 22.7 Å². The van der Waals surface area contributed by atoms with Crippen LogP contribution in [0.4, 0.5) is 15.6 Å². The van der Waals surface area contributed by atoms with Crippen LogP contribution in [0.25, 0.3) is 0 Å². The van der Waals surface area contributed by atoms with Gasteiger partial charge in [0.2, 0.25) is 11.8 Å². The number of aromatic nitrogens is 1. The van der Waals surface area contributed by atoms with Crippen LogP contribution in [0.15, 0.2) is 35.8 Å². The lowest BCUT2D eigenvalue weighted by Crippen LogP contribution is -2.59. The third-order valence-electron chi connectivity index (χ3n) is 6.43. The molecule has 1 atom stereocenters. The van der Waals surface area contributed by atoms with Crippen LogP contribution in [0.2, 0.25) is 0 Å². The highest BCUT2D eigenvalue weighted by Gasteiger charge is 2.37. The fraction of sp³-hybridized carbons (Fsp3) is 0.458. The number of hydrogen-bond donors (Lipinski definition) is 2. The Morgan fingerprint density at radius 3 is 2.56 bits per heavy atom. The number of nitriles is 1. The predicted octanol–water partition coefficient (Wildman–Crippen LogP) is 3.67. The smallest absolute Gasteiger partial charge is 0.322 e. The van der Waals surface area contributed by atoms with Crippen LogP contribution in [-0.4, -0.2) is 58.3 Å². The third-order valence-corrected chi connectivity index (χ3v) is 7.12. The van der Waals surface area contributed by atoms with Gasteiger partial charge in [0.15, 0.2) is 5.13 Å². The van der Waals surface area contributed by atoms with E-state index in [4.69, 9.17) is 5.26 Å². The summed E-state index contributed by atoms with van der Waals surface area (Å²) in [6.45, 7) is 0.537. The topological polar surface area (TPSA) is 118 Å². The average Bonchev–Trinajstić information content (AvgIpc) is 3.37. The number of piperazine rings is 1. The highest BCUT2D eigenvalue weighted by Crippen LogP contribution is 2.30. The van der Waals surface area contributed by atoms with Crippen molar-refractivity contribution >= 4 is 40.0 Å². The van der Waals surface area contributed by atoms with Crippen molar-refractivity contribution < 1.29 is 14.4 Å². The Morgan fingerprint density at radius 2 is 1.91 bits per heavy atom. The molecule has 0 spiro atoms. The van der Waals surface area contributed by atoms with E-state index < -0.39 is 6.04 Å². The van der Waals surface area contributed by atoms with E-state index in [-0.39, 0.29) is 24.4 Å². The fourth-order valence-corrected chi connectivity index (χ4v) is 5.14. The minimum Gasteiger partial charge on any atom is -0.327 e. The maximum Gasteiger partial charge on any atom is 0.322 e. The van der Waals surface area contributed by atoms with Gasteiger partial charge in [0.1, 0.15) is 12.6 Å². The van der Waals surface area contributed by atoms with E-state index in [9.17, 15) is 14.4 Å². The average molecular weight is 481 g/mol. The molecule has 1 aromatic heterocycles. The number of rotatable bonds is 6. The van der Waals surface area contributed by atoms with Gasteiger partial charge in [0.05, 0.1) is 11.6 Å². The van der Waals surface area contributed by atoms with Crippen molar-refractivity contribution in [3.63, 3.8) is 0 Å². The second kappa shape index (κ2) is 11.1. The molecule has 1 saturated carbocycles. The highest BCUT2D eigenvalue weighted by atomic mass is 32.1. The largest absolute Gasteiger partial charge is 0.327 e. The van der Waals surface area contributed by atoms with Crippen molar-refractivity contribution in [1.82, 2.24) is 14.8 Å². The van der Waals surface area contributed by atoms with E-state index in [2.05, 4.69) is 15.6 Å². The molecule has 2 N–H and O–H groups in total. The van der Waals surface area contributed by atoms with E-state index >= 15 is 0 Å². The number of thiazole rings is 1. The first-order valence-electron chi connectivity index (χ1n) is 11.6. The van der Waals surface area contributed by atoms with Crippen LogP contribution >= 0.6 is 11.3 Å². The molecule has 178 valence electrons. The lowest BCUT2D eigenvalue weighted by molar-refractivity contribution is -0.142. The summed E-state index contributed by atoms with van der Waals surface area (Å²) in [6, 6.07) is 7.62. The Labute approximate surface area is 202 Å². The molecule has 9 nitrogen and oxygen atoms in total. The van der Waals surface area contributed by atoms with Crippen molar-refractivity contribution in [3.05, 3.63) is 41.4 Å². The third kappa shape index (κ3) is 5.91. The Hall–Kier alpha value is -3.45. The molecule has 10 heteroatoms. The number of amides is 4. The number of benzene rings is 1. The van der Waals surface area contributed by atoms with Gasteiger partial charge in [-0.2, -0.15) is 5.26 Å². The van der Waals surface area contributed by atoms with Gasteiger partial charge in [-0.05, 0) is 36.6 Å². The zero-order chi connectivity index (χ0) is 23.9. The number of anilines is 2. The summed E-state index contributed by atoms with van der Waals surface area (Å²) in [5.74, 6) is -0.0491. The number of nitrogens with zero attached hydrogens (tertiary/aromatic N) is 4. The molecule has 1 unspecified atom stereocenters. The molecule has 2 heterocycles. The van der Waals surface area contributed by atoms with E-state index in [0.717, 1.165) is 25.7 Å². The second-order valence-corrected chi connectivity index (χ2v) is 9.60. The van der Waals surface area contributed by atoms with Crippen molar-refractivity contribution in [2.75, 3.05) is 30.3 Å². The first kappa shape index (κ1) is 23.7. The maximum atomic E-state index is 13.2. The highest BCUT2D eigenvalue weighted by molar-refractivity contribution is 7.13. The Bertz CT molecular complexity index is 1040. The molecular formula is C24H28N6O3S. The standard InChI is InChI=1S/C24H28N6O3S/c25-15-18-6-8-19(9-7-18)27-24(33)29-11-12-30(21(31)16-29)20(14-17-4-2-1-3-5-17)22(32)28-23-26-10-13-34-23/h6-10,13,17,20H,1-5,11-12,14,16H2,(H,27,33)(H,26,28,32). The number of nitrogens with one attached hydrogen (secondary N) is 2. The summed E-state index contributed by atoms with van der Waals surface area (Å²) in [6.07, 6.45) is 7.93. The molecule has 4 rings (SSSR count). The second-order valence-electron chi connectivity index (χ2n) is 8.71. The number of carbonyl (C=O) groups excluding carboxylic acids is 3. The van der Waals surface area contributed by atoms with Crippen LogP contribution in [-0.2, 0) is 9.59 Å². The van der Waals surface area contributed by atoms with Gasteiger partial charge in [-0.25, -0.2) is 9.78 Å². The van der Waals surface area contributed by atoms with E-state index in [1.807, 2.05) is 6.07 Å². The van der Waals surface area contributed by atoms with Gasteiger partial charge in [0, 0.05) is 30.4 Å². The molecule has 0 radical (unpaired) electrons. The van der Waals surface area contributed by atoms with Crippen LogP contribution in [0.3, 0.4) is 0 Å². The monoisotopic (exact) mass is 480 g/mol. The number of hydrogen-bond acceptors (Lipinski definition) is 6. The molecule has 1 aliphatic carbocycles. The summed E-state index contributed by atoms with van der Waals surface area (Å²) in [4.78, 5) is 46.2. The Morgan fingerprint density at radius 1 is 1.15 bits per heavy atom. The molecule has 1 saturated heterocycles. The lowest BCUT2D eigenvalue weighted by Gasteiger charge is -2.39. The van der Waals surface area contributed by atoms with Crippen molar-refractivity contribution in [1.29, 1.82) is 5.26 Å². The van der Waals surface area contributed by atoms with Gasteiger partial charge in [-0.3, -0.25) is 9.59 Å². The molecule has 2 aliphatic rings. The summed E-state index contributed by atoms with van der Waals surface area (Å²) >= 11 is 1.34. The Kier molecular flexibility index (Phi) is 7.75. The van der Waals surface area contributed by atoms with Crippen LogP contribution in [0.1, 0.15) is 44.1 Å². The van der Waals surface area contributed by atoms with E-state index in [0.29, 0.717) is 41.8 Å². The first-order chi connectivity index (χ1) is 16.5. The molecule has 4 amide bonds. The van der Waals surface area contributed by atoms with Gasteiger partial charge in [-0.1, -0.05) is 32.1 Å². The first-order valence-corrected chi connectivity index (χ1v) is 12.5. The lowest BCUT2D eigenvalue weighted by atomic mass is 9.84. The van der Waals surface area contributed by atoms with Gasteiger partial charge in [-0.15, -0.1) is 11.3 Å². The zero-order valence-corrected chi connectivity index (χ0v) is 19.7. The van der Waals surface area contributed by atoms with Gasteiger partial charge in [0.25, 0.3) is 0 Å². The molecule has 1 aromatic carbocycles. The minimum absolute atomic E-state index is 0.0895. The normalized spacial score (nSPS) is 17.7. The van der Waals surface area contributed by atoms with Gasteiger partial charge < -0.3 is 20.4 Å². The number of carbonyl (C=O) groups is 3. The molecule has 2 fully saturated rings.